The van der Waals surface area contributed by atoms with Crippen LogP contribution in [0.3, 0.4) is 0 Å². The lowest BCUT2D eigenvalue weighted by Crippen LogP contribution is -2.19. The molecular formula is C12H16N2O. The van der Waals surface area contributed by atoms with Crippen LogP contribution >= 0.6 is 0 Å². The summed E-state index contributed by atoms with van der Waals surface area (Å²) >= 11 is 0. The molecule has 15 heavy (non-hydrogen) atoms. The predicted octanol–water partition coefficient (Wildman–Crippen LogP) is 1.68. The average molecular weight is 204 g/mol. The lowest BCUT2D eigenvalue weighted by atomic mass is 10.1. The van der Waals surface area contributed by atoms with Gasteiger partial charge in [-0.15, -0.1) is 0 Å². The van der Waals surface area contributed by atoms with E-state index in [0.717, 1.165) is 26.3 Å². The van der Waals surface area contributed by atoms with Gasteiger partial charge in [0.2, 0.25) is 0 Å². The Hall–Kier alpha value is -1.37. The molecule has 0 spiro atoms. The summed E-state index contributed by atoms with van der Waals surface area (Å²) in [6, 6.07) is 9.69. The number of rotatable bonds is 6. The molecule has 1 N–H and O–H groups in total. The molecule has 0 aliphatic heterocycles. The summed E-state index contributed by atoms with van der Waals surface area (Å²) in [5.74, 6) is 0. The molecule has 0 fully saturated rings. The van der Waals surface area contributed by atoms with Gasteiger partial charge in [-0.1, -0.05) is 12.1 Å². The highest BCUT2D eigenvalue weighted by molar-refractivity contribution is 5.31. The van der Waals surface area contributed by atoms with E-state index >= 15 is 0 Å². The zero-order valence-electron chi connectivity index (χ0n) is 8.99. The van der Waals surface area contributed by atoms with E-state index < -0.39 is 0 Å². The molecule has 0 amide bonds. The first kappa shape index (κ1) is 11.7. The van der Waals surface area contributed by atoms with E-state index in [1.54, 1.807) is 0 Å². The normalized spacial score (nSPS) is 9.87. The minimum atomic E-state index is 0.702. The van der Waals surface area contributed by atoms with Crippen molar-refractivity contribution in [3.05, 3.63) is 35.4 Å². The zero-order valence-corrected chi connectivity index (χ0v) is 8.99. The second kappa shape index (κ2) is 6.99. The van der Waals surface area contributed by atoms with Gasteiger partial charge in [0.15, 0.2) is 0 Å². The number of nitriles is 1. The molecule has 0 bridgehead atoms. The van der Waals surface area contributed by atoms with Crippen molar-refractivity contribution in [2.75, 3.05) is 19.8 Å². The molecule has 0 saturated carbocycles. The number of ether oxygens (including phenoxy) is 1. The van der Waals surface area contributed by atoms with Crippen molar-refractivity contribution < 1.29 is 4.74 Å². The van der Waals surface area contributed by atoms with Gasteiger partial charge in [0.25, 0.3) is 0 Å². The van der Waals surface area contributed by atoms with Crippen LogP contribution in [0.25, 0.3) is 0 Å². The Morgan fingerprint density at radius 3 is 2.67 bits per heavy atom. The van der Waals surface area contributed by atoms with Crippen molar-refractivity contribution in [2.45, 2.75) is 13.5 Å². The average Bonchev–Trinajstić information content (AvgIpc) is 2.30. The highest BCUT2D eigenvalue weighted by Gasteiger charge is 1.93. The summed E-state index contributed by atoms with van der Waals surface area (Å²) < 4.78 is 5.20. The highest BCUT2D eigenvalue weighted by atomic mass is 16.5. The van der Waals surface area contributed by atoms with E-state index in [-0.39, 0.29) is 0 Å². The maximum absolute atomic E-state index is 8.62. The smallest absolute Gasteiger partial charge is 0.0991 e. The Morgan fingerprint density at radius 1 is 1.33 bits per heavy atom. The van der Waals surface area contributed by atoms with Crippen molar-refractivity contribution in [1.29, 1.82) is 5.26 Å². The van der Waals surface area contributed by atoms with Crippen LogP contribution in [0.4, 0.5) is 0 Å². The van der Waals surface area contributed by atoms with Crippen LogP contribution in [0.1, 0.15) is 18.1 Å². The molecule has 0 saturated heterocycles. The minimum absolute atomic E-state index is 0.702. The second-order valence-corrected chi connectivity index (χ2v) is 3.18. The number of nitrogens with one attached hydrogen (secondary N) is 1. The number of hydrogen-bond acceptors (Lipinski definition) is 3. The van der Waals surface area contributed by atoms with Gasteiger partial charge in [-0.2, -0.15) is 5.26 Å². The molecule has 1 aromatic rings. The molecule has 3 heteroatoms. The fraction of sp³-hybridized carbons (Fsp3) is 0.417. The maximum Gasteiger partial charge on any atom is 0.0991 e. The Labute approximate surface area is 90.7 Å². The molecule has 1 rings (SSSR count). The first-order chi connectivity index (χ1) is 7.36. The summed E-state index contributed by atoms with van der Waals surface area (Å²) in [7, 11) is 0. The molecule has 0 unspecified atom stereocenters. The van der Waals surface area contributed by atoms with E-state index in [0.29, 0.717) is 5.56 Å². The molecule has 0 aromatic heterocycles. The fourth-order valence-electron chi connectivity index (χ4n) is 1.22. The van der Waals surface area contributed by atoms with Crippen LogP contribution < -0.4 is 5.32 Å². The molecule has 0 atom stereocenters. The highest BCUT2D eigenvalue weighted by Crippen LogP contribution is 2.02. The van der Waals surface area contributed by atoms with E-state index in [9.17, 15) is 0 Å². The molecule has 3 nitrogen and oxygen atoms in total. The standard InChI is InChI=1S/C12H16N2O/c1-2-15-8-7-14-10-12-5-3-11(9-13)4-6-12/h3-6,14H,2,7-8,10H2,1H3. The Kier molecular flexibility index (Phi) is 5.46. The summed E-state index contributed by atoms with van der Waals surface area (Å²) in [5, 5.41) is 11.9. The van der Waals surface area contributed by atoms with Crippen LogP contribution in [0.2, 0.25) is 0 Å². The van der Waals surface area contributed by atoms with Crippen LogP contribution in [-0.2, 0) is 11.3 Å². The summed E-state index contributed by atoms with van der Waals surface area (Å²) in [6.07, 6.45) is 0. The van der Waals surface area contributed by atoms with Crippen LogP contribution in [0.15, 0.2) is 24.3 Å². The fourth-order valence-corrected chi connectivity index (χ4v) is 1.22. The van der Waals surface area contributed by atoms with Crippen molar-refractivity contribution in [3.63, 3.8) is 0 Å². The Morgan fingerprint density at radius 2 is 2.07 bits per heavy atom. The third kappa shape index (κ3) is 4.59. The number of hydrogen-bond donors (Lipinski definition) is 1. The van der Waals surface area contributed by atoms with Gasteiger partial charge in [-0.05, 0) is 24.6 Å². The van der Waals surface area contributed by atoms with Crippen molar-refractivity contribution in [1.82, 2.24) is 5.32 Å². The van der Waals surface area contributed by atoms with Crippen LogP contribution in [-0.4, -0.2) is 19.8 Å². The van der Waals surface area contributed by atoms with Crippen molar-refractivity contribution in [3.8, 4) is 6.07 Å². The third-order valence-electron chi connectivity index (χ3n) is 2.04. The van der Waals surface area contributed by atoms with E-state index in [4.69, 9.17) is 10.00 Å². The maximum atomic E-state index is 8.62. The van der Waals surface area contributed by atoms with E-state index in [1.807, 2.05) is 31.2 Å². The van der Waals surface area contributed by atoms with Crippen molar-refractivity contribution >= 4 is 0 Å². The molecule has 0 aliphatic carbocycles. The van der Waals surface area contributed by atoms with Gasteiger partial charge in [0.05, 0.1) is 18.2 Å². The van der Waals surface area contributed by atoms with Gasteiger partial charge in [0.1, 0.15) is 0 Å². The Bertz CT molecular complexity index is 313. The van der Waals surface area contributed by atoms with Gasteiger partial charge < -0.3 is 10.1 Å². The second-order valence-electron chi connectivity index (χ2n) is 3.18. The molecule has 80 valence electrons. The minimum Gasteiger partial charge on any atom is -0.380 e. The first-order valence-electron chi connectivity index (χ1n) is 5.14. The number of nitrogens with zero attached hydrogens (tertiary/aromatic N) is 1. The lowest BCUT2D eigenvalue weighted by Gasteiger charge is -2.04. The SMILES string of the molecule is CCOCCNCc1ccc(C#N)cc1. The zero-order chi connectivity index (χ0) is 10.9. The monoisotopic (exact) mass is 204 g/mol. The van der Waals surface area contributed by atoms with Crippen LogP contribution in [0, 0.1) is 11.3 Å². The van der Waals surface area contributed by atoms with Gasteiger partial charge in [0, 0.05) is 19.7 Å². The summed E-state index contributed by atoms with van der Waals surface area (Å²) in [6.45, 7) is 5.17. The number of benzene rings is 1. The third-order valence-corrected chi connectivity index (χ3v) is 2.04. The first-order valence-corrected chi connectivity index (χ1v) is 5.14. The van der Waals surface area contributed by atoms with E-state index in [1.165, 1.54) is 5.56 Å². The topological polar surface area (TPSA) is 45.0 Å². The molecule has 0 heterocycles. The van der Waals surface area contributed by atoms with Crippen molar-refractivity contribution in [2.24, 2.45) is 0 Å². The largest absolute Gasteiger partial charge is 0.380 e. The lowest BCUT2D eigenvalue weighted by molar-refractivity contribution is 0.149. The van der Waals surface area contributed by atoms with Gasteiger partial charge in [-0.25, -0.2) is 0 Å². The summed E-state index contributed by atoms with van der Waals surface area (Å²) in [5.41, 5.74) is 1.89. The van der Waals surface area contributed by atoms with E-state index in [2.05, 4.69) is 11.4 Å². The van der Waals surface area contributed by atoms with Gasteiger partial charge in [-0.3, -0.25) is 0 Å². The predicted molar refractivity (Wildman–Crippen MR) is 59.4 cm³/mol. The quantitative estimate of drug-likeness (QED) is 0.717. The Balaban J connectivity index is 2.23. The van der Waals surface area contributed by atoms with Crippen LogP contribution in [0.5, 0.6) is 0 Å². The summed E-state index contributed by atoms with van der Waals surface area (Å²) in [4.78, 5) is 0. The molecule has 1 aromatic carbocycles. The molecule has 0 radical (unpaired) electrons. The van der Waals surface area contributed by atoms with Gasteiger partial charge >= 0.3 is 0 Å². The molecular weight excluding hydrogens is 188 g/mol. The molecule has 0 aliphatic rings.